The van der Waals surface area contributed by atoms with E-state index in [-0.39, 0.29) is 5.91 Å². The Morgan fingerprint density at radius 3 is 2.75 bits per heavy atom. The lowest BCUT2D eigenvalue weighted by Crippen LogP contribution is -2.25. The number of nitrogens with one attached hydrogen (secondary N) is 1. The monoisotopic (exact) mass is 321 g/mol. The Balaban J connectivity index is 1.69. The lowest BCUT2D eigenvalue weighted by molar-refractivity contribution is 0.0950. The van der Waals surface area contributed by atoms with Crippen molar-refractivity contribution >= 4 is 11.7 Å². The number of nitrogens with zero attached hydrogens (tertiary/aromatic N) is 2. The number of hydrogen-bond donors (Lipinski definition) is 1. The van der Waals surface area contributed by atoms with Crippen molar-refractivity contribution in [1.29, 1.82) is 0 Å². The van der Waals surface area contributed by atoms with Gasteiger partial charge in [-0.1, -0.05) is 36.4 Å². The Labute approximate surface area is 140 Å². The van der Waals surface area contributed by atoms with Crippen LogP contribution in [0.15, 0.2) is 71.7 Å². The van der Waals surface area contributed by atoms with Crippen molar-refractivity contribution in [2.75, 3.05) is 11.9 Å². The summed E-state index contributed by atoms with van der Waals surface area (Å²) < 4.78 is 4.93. The lowest BCUT2D eigenvalue weighted by atomic mass is 10.2. The van der Waals surface area contributed by atoms with Gasteiger partial charge < -0.3 is 14.6 Å². The molecule has 0 atom stereocenters. The molecular formula is C19H19N3O2. The standard InChI is InChI=1S/C19H19N3O2/c1-22(13-15-6-3-2-4-7-15)18-16(8-5-10-20-18)12-21-19(23)17-9-11-24-14-17/h2-11,14H,12-13H2,1H3,(H,21,23). The molecule has 5 nitrogen and oxygen atoms in total. The van der Waals surface area contributed by atoms with Gasteiger partial charge in [0, 0.05) is 31.9 Å². The number of rotatable bonds is 6. The Morgan fingerprint density at radius 1 is 1.17 bits per heavy atom. The van der Waals surface area contributed by atoms with Crippen LogP contribution in [0.5, 0.6) is 0 Å². The quantitative estimate of drug-likeness (QED) is 0.757. The molecule has 0 aliphatic carbocycles. The summed E-state index contributed by atoms with van der Waals surface area (Å²) >= 11 is 0. The maximum Gasteiger partial charge on any atom is 0.254 e. The topological polar surface area (TPSA) is 58.4 Å². The van der Waals surface area contributed by atoms with Crippen LogP contribution in [0.4, 0.5) is 5.82 Å². The van der Waals surface area contributed by atoms with Crippen LogP contribution in [0, 0.1) is 0 Å². The zero-order chi connectivity index (χ0) is 16.8. The van der Waals surface area contributed by atoms with E-state index < -0.39 is 0 Å². The first-order chi connectivity index (χ1) is 11.7. The van der Waals surface area contributed by atoms with Gasteiger partial charge in [0.25, 0.3) is 5.91 Å². The molecule has 0 fully saturated rings. The molecule has 0 spiro atoms. The van der Waals surface area contributed by atoms with Crippen LogP contribution >= 0.6 is 0 Å². The van der Waals surface area contributed by atoms with E-state index in [0.29, 0.717) is 12.1 Å². The summed E-state index contributed by atoms with van der Waals surface area (Å²) in [5, 5.41) is 2.89. The largest absolute Gasteiger partial charge is 0.472 e. The van der Waals surface area contributed by atoms with Gasteiger partial charge in [-0.3, -0.25) is 4.79 Å². The SMILES string of the molecule is CN(Cc1ccccc1)c1ncccc1CNC(=O)c1ccoc1. The number of furan rings is 1. The fraction of sp³-hybridized carbons (Fsp3) is 0.158. The lowest BCUT2D eigenvalue weighted by Gasteiger charge is -2.21. The molecule has 2 aromatic heterocycles. The first-order valence-corrected chi connectivity index (χ1v) is 7.73. The molecule has 1 N–H and O–H groups in total. The molecule has 1 aromatic carbocycles. The third-order valence-electron chi connectivity index (χ3n) is 3.71. The minimum Gasteiger partial charge on any atom is -0.472 e. The number of aromatic nitrogens is 1. The Morgan fingerprint density at radius 2 is 2.00 bits per heavy atom. The summed E-state index contributed by atoms with van der Waals surface area (Å²) in [6.07, 6.45) is 4.68. The molecular weight excluding hydrogens is 302 g/mol. The zero-order valence-electron chi connectivity index (χ0n) is 13.5. The van der Waals surface area contributed by atoms with Gasteiger partial charge in [0.2, 0.25) is 0 Å². The number of amides is 1. The molecule has 122 valence electrons. The summed E-state index contributed by atoms with van der Waals surface area (Å²) in [6.45, 7) is 1.16. The van der Waals surface area contributed by atoms with Crippen molar-refractivity contribution in [2.45, 2.75) is 13.1 Å². The van der Waals surface area contributed by atoms with Gasteiger partial charge >= 0.3 is 0 Å². The maximum atomic E-state index is 12.0. The van der Waals surface area contributed by atoms with Crippen LogP contribution in [0.3, 0.4) is 0 Å². The summed E-state index contributed by atoms with van der Waals surface area (Å²) in [4.78, 5) is 18.6. The fourth-order valence-electron chi connectivity index (χ4n) is 2.52. The highest BCUT2D eigenvalue weighted by Crippen LogP contribution is 2.18. The maximum absolute atomic E-state index is 12.0. The molecule has 0 radical (unpaired) electrons. The van der Waals surface area contributed by atoms with Crippen molar-refractivity contribution in [2.24, 2.45) is 0 Å². The van der Waals surface area contributed by atoms with Crippen LogP contribution in [0.25, 0.3) is 0 Å². The Bertz CT molecular complexity index is 785. The average Bonchev–Trinajstić information content (AvgIpc) is 3.15. The van der Waals surface area contributed by atoms with Gasteiger partial charge in [-0.25, -0.2) is 4.98 Å². The van der Waals surface area contributed by atoms with Crippen LogP contribution < -0.4 is 10.2 Å². The third kappa shape index (κ3) is 3.81. The van der Waals surface area contributed by atoms with Crippen molar-refractivity contribution in [3.8, 4) is 0 Å². The van der Waals surface area contributed by atoms with Crippen LogP contribution in [-0.2, 0) is 13.1 Å². The van der Waals surface area contributed by atoms with Crippen molar-refractivity contribution in [3.05, 3.63) is 83.9 Å². The molecule has 0 saturated heterocycles. The molecule has 0 aliphatic rings. The highest BCUT2D eigenvalue weighted by molar-refractivity contribution is 5.93. The fourth-order valence-corrected chi connectivity index (χ4v) is 2.52. The molecule has 2 heterocycles. The molecule has 0 saturated carbocycles. The zero-order valence-corrected chi connectivity index (χ0v) is 13.5. The molecule has 24 heavy (non-hydrogen) atoms. The van der Waals surface area contributed by atoms with E-state index in [4.69, 9.17) is 4.42 Å². The van der Waals surface area contributed by atoms with Crippen LogP contribution in [-0.4, -0.2) is 17.9 Å². The summed E-state index contributed by atoms with van der Waals surface area (Å²) in [6, 6.07) is 15.7. The molecule has 0 bridgehead atoms. The second-order valence-electron chi connectivity index (χ2n) is 5.52. The Hall–Kier alpha value is -3.08. The summed E-state index contributed by atoms with van der Waals surface area (Å²) in [5.41, 5.74) is 2.69. The highest BCUT2D eigenvalue weighted by atomic mass is 16.3. The normalized spacial score (nSPS) is 10.4. The second-order valence-corrected chi connectivity index (χ2v) is 5.52. The molecule has 0 aliphatic heterocycles. The van der Waals surface area contributed by atoms with E-state index in [9.17, 15) is 4.79 Å². The number of carbonyl (C=O) groups excluding carboxylic acids is 1. The first-order valence-electron chi connectivity index (χ1n) is 7.73. The molecule has 5 heteroatoms. The van der Waals surface area contributed by atoms with Crippen molar-refractivity contribution in [3.63, 3.8) is 0 Å². The minimum atomic E-state index is -0.163. The van der Waals surface area contributed by atoms with Gasteiger partial charge in [0.15, 0.2) is 0 Å². The van der Waals surface area contributed by atoms with Crippen molar-refractivity contribution in [1.82, 2.24) is 10.3 Å². The third-order valence-corrected chi connectivity index (χ3v) is 3.71. The average molecular weight is 321 g/mol. The van der Waals surface area contributed by atoms with Crippen LogP contribution in [0.2, 0.25) is 0 Å². The second kappa shape index (κ2) is 7.46. The highest BCUT2D eigenvalue weighted by Gasteiger charge is 2.11. The van der Waals surface area contributed by atoms with E-state index in [1.165, 1.54) is 18.1 Å². The predicted molar refractivity (Wildman–Crippen MR) is 92.7 cm³/mol. The summed E-state index contributed by atoms with van der Waals surface area (Å²) in [5.74, 6) is 0.693. The van der Waals surface area contributed by atoms with Gasteiger partial charge in [0.1, 0.15) is 12.1 Å². The van der Waals surface area contributed by atoms with Gasteiger partial charge in [0.05, 0.1) is 11.8 Å². The van der Waals surface area contributed by atoms with Gasteiger partial charge in [-0.05, 0) is 17.7 Å². The number of benzene rings is 1. The molecule has 1 amide bonds. The number of pyridine rings is 1. The number of hydrogen-bond acceptors (Lipinski definition) is 4. The predicted octanol–water partition coefficient (Wildman–Crippen LogP) is 3.24. The van der Waals surface area contributed by atoms with Gasteiger partial charge in [-0.2, -0.15) is 0 Å². The van der Waals surface area contributed by atoms with Crippen molar-refractivity contribution < 1.29 is 9.21 Å². The van der Waals surface area contributed by atoms with Crippen LogP contribution in [0.1, 0.15) is 21.5 Å². The minimum absolute atomic E-state index is 0.163. The molecule has 0 unspecified atom stereocenters. The first kappa shape index (κ1) is 15.8. The van der Waals surface area contributed by atoms with E-state index >= 15 is 0 Å². The number of carbonyl (C=O) groups is 1. The van der Waals surface area contributed by atoms with E-state index in [1.54, 1.807) is 12.3 Å². The summed E-state index contributed by atoms with van der Waals surface area (Å²) in [7, 11) is 2.00. The van der Waals surface area contributed by atoms with E-state index in [0.717, 1.165) is 17.9 Å². The Kier molecular flexibility index (Phi) is 4.91. The van der Waals surface area contributed by atoms with E-state index in [1.807, 2.05) is 37.4 Å². The smallest absolute Gasteiger partial charge is 0.254 e. The van der Waals surface area contributed by atoms with E-state index in [2.05, 4.69) is 27.3 Å². The van der Waals surface area contributed by atoms with Gasteiger partial charge in [-0.15, -0.1) is 0 Å². The number of anilines is 1. The molecule has 3 rings (SSSR count). The molecule has 3 aromatic rings.